The molecule has 0 spiro atoms. The summed E-state index contributed by atoms with van der Waals surface area (Å²) in [5.74, 6) is 0.683. The Hall–Kier alpha value is -3.38. The van der Waals surface area contributed by atoms with Gasteiger partial charge in [-0.2, -0.15) is 0 Å². The topological polar surface area (TPSA) is 36.1 Å². The number of thiocarbonyl (C=S) groups is 2. The molecule has 5 heteroatoms. The molecule has 0 aliphatic rings. The molecule has 4 aromatic rings. The molecule has 0 unspecified atom stereocenters. The smallest absolute Gasteiger partial charge is 0.166 e. The van der Waals surface area contributed by atoms with Crippen molar-refractivity contribution in [3.8, 4) is 0 Å². The molecule has 0 aliphatic carbocycles. The number of nitrogens with one attached hydrogen (secondary N) is 3. The van der Waals surface area contributed by atoms with Crippen molar-refractivity contribution in [1.82, 2.24) is 16.0 Å². The van der Waals surface area contributed by atoms with Crippen LogP contribution in [-0.4, -0.2) is 36.2 Å². The van der Waals surface area contributed by atoms with E-state index in [2.05, 4.69) is 137 Å². The molecule has 48 heavy (non-hydrogen) atoms. The molecule has 3 N–H and O–H groups in total. The summed E-state index contributed by atoms with van der Waals surface area (Å²) in [6.45, 7) is 3.77. The van der Waals surface area contributed by atoms with E-state index in [9.17, 15) is 0 Å². The van der Waals surface area contributed by atoms with Crippen molar-refractivity contribution in [1.29, 1.82) is 0 Å². The summed E-state index contributed by atoms with van der Waals surface area (Å²) in [5, 5.41) is 11.2. The third-order valence-electron chi connectivity index (χ3n) is 9.11. The second kappa shape index (κ2) is 23.1. The Balaban J connectivity index is 0.954. The number of rotatable bonds is 23. The highest BCUT2D eigenvalue weighted by molar-refractivity contribution is 7.80. The van der Waals surface area contributed by atoms with Crippen molar-refractivity contribution in [2.45, 2.75) is 82.5 Å². The monoisotopic (exact) mass is 677 g/mol. The number of unbranched alkanes of at least 4 members (excludes halogenated alkanes) is 6. The van der Waals surface area contributed by atoms with E-state index in [0.29, 0.717) is 5.92 Å². The van der Waals surface area contributed by atoms with Crippen molar-refractivity contribution < 1.29 is 0 Å². The Labute approximate surface area is 301 Å². The molecule has 0 heterocycles. The lowest BCUT2D eigenvalue weighted by Crippen LogP contribution is -2.38. The molecule has 4 rings (SSSR count). The molecule has 3 nitrogen and oxygen atoms in total. The van der Waals surface area contributed by atoms with Gasteiger partial charge in [0, 0.05) is 24.9 Å². The first-order chi connectivity index (χ1) is 23.7. The SMILES string of the molecule is S=C(CCCCCCCCCNCCCNC(=S)NCC(c1ccccc1)c1ccccc1)CCC(c1ccccc1)c1ccccc1. The summed E-state index contributed by atoms with van der Waals surface area (Å²) >= 11 is 11.4. The normalized spacial score (nSPS) is 11.1. The van der Waals surface area contributed by atoms with Crippen LogP contribution < -0.4 is 16.0 Å². The maximum Gasteiger partial charge on any atom is 0.166 e. The molecule has 0 saturated carbocycles. The van der Waals surface area contributed by atoms with E-state index in [0.717, 1.165) is 57.0 Å². The van der Waals surface area contributed by atoms with E-state index in [1.54, 1.807) is 0 Å². The minimum atomic E-state index is 0.265. The molecule has 4 aromatic carbocycles. The van der Waals surface area contributed by atoms with E-state index in [1.165, 1.54) is 72.1 Å². The minimum Gasteiger partial charge on any atom is -0.363 e. The molecule has 0 saturated heterocycles. The highest BCUT2D eigenvalue weighted by Gasteiger charge is 2.15. The molecule has 0 aliphatic heterocycles. The quantitative estimate of drug-likeness (QED) is 0.0538. The van der Waals surface area contributed by atoms with Crippen LogP contribution in [0.5, 0.6) is 0 Å². The third-order valence-corrected chi connectivity index (χ3v) is 9.81. The van der Waals surface area contributed by atoms with Gasteiger partial charge in [0.15, 0.2) is 5.11 Å². The predicted octanol–water partition coefficient (Wildman–Crippen LogP) is 10.4. The van der Waals surface area contributed by atoms with Gasteiger partial charge in [-0.05, 0) is 91.0 Å². The standard InChI is InChI=1S/C43H55N3S2/c47-40(30-31-41(36-21-10-6-11-22-36)37-23-12-7-13-24-37)29-18-4-2-1-3-5-19-32-44-33-20-34-45-43(48)46-35-42(38-25-14-8-15-26-38)39-27-16-9-17-28-39/h6-17,21-28,41-42,44H,1-5,18-20,29-35H2,(H2,45,46,48). The van der Waals surface area contributed by atoms with Gasteiger partial charge in [-0.1, -0.05) is 166 Å². The summed E-state index contributed by atoms with van der Waals surface area (Å²) in [6.07, 6.45) is 13.3. The minimum absolute atomic E-state index is 0.265. The molecule has 254 valence electrons. The van der Waals surface area contributed by atoms with Crippen molar-refractivity contribution in [3.63, 3.8) is 0 Å². The van der Waals surface area contributed by atoms with E-state index >= 15 is 0 Å². The Morgan fingerprint density at radius 1 is 0.438 bits per heavy atom. The van der Waals surface area contributed by atoms with Crippen LogP contribution in [0.2, 0.25) is 0 Å². The van der Waals surface area contributed by atoms with Crippen molar-refractivity contribution >= 4 is 34.4 Å². The van der Waals surface area contributed by atoms with Crippen LogP contribution in [0.4, 0.5) is 0 Å². The average molecular weight is 678 g/mol. The van der Waals surface area contributed by atoms with Crippen LogP contribution in [0.1, 0.15) is 105 Å². The largest absolute Gasteiger partial charge is 0.363 e. The summed E-state index contributed by atoms with van der Waals surface area (Å²) in [6, 6.07) is 43.1. The zero-order chi connectivity index (χ0) is 33.5. The van der Waals surface area contributed by atoms with Crippen LogP contribution in [0, 0.1) is 0 Å². The summed E-state index contributed by atoms with van der Waals surface area (Å²) in [7, 11) is 0. The fraction of sp³-hybridized carbons (Fsp3) is 0.395. The van der Waals surface area contributed by atoms with Gasteiger partial charge in [0.2, 0.25) is 0 Å². The Kier molecular flexibility index (Phi) is 18.0. The number of benzene rings is 4. The fourth-order valence-corrected chi connectivity index (χ4v) is 6.83. The molecular formula is C43H55N3S2. The maximum atomic E-state index is 5.81. The molecular weight excluding hydrogens is 623 g/mol. The highest BCUT2D eigenvalue weighted by Crippen LogP contribution is 2.30. The molecule has 0 bridgehead atoms. The van der Waals surface area contributed by atoms with Gasteiger partial charge in [0.1, 0.15) is 0 Å². The number of hydrogen-bond acceptors (Lipinski definition) is 3. The van der Waals surface area contributed by atoms with Gasteiger partial charge in [0.25, 0.3) is 0 Å². The lowest BCUT2D eigenvalue weighted by atomic mass is 9.86. The van der Waals surface area contributed by atoms with Gasteiger partial charge in [-0.25, -0.2) is 0 Å². The molecule has 0 aromatic heterocycles. The van der Waals surface area contributed by atoms with E-state index < -0.39 is 0 Å². The van der Waals surface area contributed by atoms with Crippen LogP contribution in [0.3, 0.4) is 0 Å². The summed E-state index contributed by atoms with van der Waals surface area (Å²) in [4.78, 5) is 1.24. The first kappa shape index (κ1) is 37.4. The first-order valence-electron chi connectivity index (χ1n) is 18.1. The lowest BCUT2D eigenvalue weighted by Gasteiger charge is -2.20. The van der Waals surface area contributed by atoms with Crippen molar-refractivity contribution in [2.75, 3.05) is 26.2 Å². The van der Waals surface area contributed by atoms with Crippen LogP contribution in [0.15, 0.2) is 121 Å². The van der Waals surface area contributed by atoms with E-state index in [1.807, 2.05) is 0 Å². The maximum absolute atomic E-state index is 5.81. The Morgan fingerprint density at radius 2 is 0.875 bits per heavy atom. The van der Waals surface area contributed by atoms with Gasteiger partial charge in [-0.3, -0.25) is 0 Å². The van der Waals surface area contributed by atoms with Crippen LogP contribution in [0.25, 0.3) is 0 Å². The zero-order valence-corrected chi connectivity index (χ0v) is 30.3. The van der Waals surface area contributed by atoms with Gasteiger partial charge < -0.3 is 16.0 Å². The summed E-state index contributed by atoms with van der Waals surface area (Å²) < 4.78 is 0. The predicted molar refractivity (Wildman–Crippen MR) is 214 cm³/mol. The first-order valence-corrected chi connectivity index (χ1v) is 19.0. The lowest BCUT2D eigenvalue weighted by molar-refractivity contribution is 0.553. The van der Waals surface area contributed by atoms with Gasteiger partial charge in [0.05, 0.1) is 0 Å². The second-order valence-corrected chi connectivity index (χ2v) is 13.8. The third kappa shape index (κ3) is 14.4. The Morgan fingerprint density at radius 3 is 1.40 bits per heavy atom. The van der Waals surface area contributed by atoms with Crippen molar-refractivity contribution in [3.05, 3.63) is 144 Å². The van der Waals surface area contributed by atoms with Crippen molar-refractivity contribution in [2.24, 2.45) is 0 Å². The second-order valence-electron chi connectivity index (χ2n) is 12.8. The van der Waals surface area contributed by atoms with E-state index in [4.69, 9.17) is 24.4 Å². The zero-order valence-electron chi connectivity index (χ0n) is 28.6. The molecule has 0 fully saturated rings. The van der Waals surface area contributed by atoms with Crippen LogP contribution in [-0.2, 0) is 0 Å². The fourth-order valence-electron chi connectivity index (χ4n) is 6.38. The Bertz CT molecular complexity index is 1220. The van der Waals surface area contributed by atoms with E-state index in [-0.39, 0.29) is 5.92 Å². The van der Waals surface area contributed by atoms with Crippen LogP contribution >= 0.6 is 24.4 Å². The van der Waals surface area contributed by atoms with Gasteiger partial charge >= 0.3 is 0 Å². The summed E-state index contributed by atoms with van der Waals surface area (Å²) in [5.41, 5.74) is 5.37. The number of hydrogen-bond donors (Lipinski definition) is 3. The average Bonchev–Trinajstić information content (AvgIpc) is 3.13. The molecule has 0 atom stereocenters. The highest BCUT2D eigenvalue weighted by atomic mass is 32.1. The molecule has 0 amide bonds. The molecule has 0 radical (unpaired) electrons. The van der Waals surface area contributed by atoms with Gasteiger partial charge in [-0.15, -0.1) is 0 Å².